The lowest BCUT2D eigenvalue weighted by atomic mass is 9.49. The number of carbonyl (C=O) groups is 1. The van der Waals surface area contributed by atoms with Crippen molar-refractivity contribution >= 4 is 5.91 Å². The Bertz CT molecular complexity index is 728. The van der Waals surface area contributed by atoms with Gasteiger partial charge in [-0.3, -0.25) is 4.79 Å². The van der Waals surface area contributed by atoms with Crippen molar-refractivity contribution in [1.29, 1.82) is 0 Å². The monoisotopic (exact) mass is 398 g/mol. The Labute approximate surface area is 174 Å². The van der Waals surface area contributed by atoms with Gasteiger partial charge in [0.05, 0.1) is 0 Å². The molecule has 1 saturated heterocycles. The summed E-state index contributed by atoms with van der Waals surface area (Å²) in [4.78, 5) is 17.2. The summed E-state index contributed by atoms with van der Waals surface area (Å²) in [5, 5.41) is 0. The average molecular weight is 399 g/mol. The molecule has 5 aliphatic rings. The van der Waals surface area contributed by atoms with E-state index in [1.165, 1.54) is 51.1 Å². The van der Waals surface area contributed by atoms with E-state index in [4.69, 9.17) is 0 Å². The van der Waals surface area contributed by atoms with E-state index in [9.17, 15) is 9.18 Å². The zero-order valence-electron chi connectivity index (χ0n) is 17.8. The molecule has 29 heavy (non-hydrogen) atoms. The zero-order chi connectivity index (χ0) is 20.0. The molecule has 0 N–H and O–H groups in total. The number of amides is 1. The highest BCUT2D eigenvalue weighted by Crippen LogP contribution is 2.60. The quantitative estimate of drug-likeness (QED) is 0.707. The van der Waals surface area contributed by atoms with E-state index >= 15 is 0 Å². The number of likely N-dealkylation sites (tertiary alicyclic amines) is 1. The molecule has 4 heteroatoms. The molecule has 0 radical (unpaired) electrons. The minimum absolute atomic E-state index is 0.180. The van der Waals surface area contributed by atoms with Crippen molar-refractivity contribution in [3.05, 3.63) is 35.6 Å². The molecule has 4 bridgehead atoms. The standard InChI is InChI=1S/C25H35FN2O/c1-27(17-25-13-18-10-19(14-25)12-20(11-18)15-25)22-6-7-24(29)28(9-8-22)16-21-4-2-3-5-23(21)26/h2-5,18-20,22H,6-17H2,1H3. The van der Waals surface area contributed by atoms with Crippen LogP contribution in [0, 0.1) is 29.0 Å². The van der Waals surface area contributed by atoms with E-state index < -0.39 is 0 Å². The maximum atomic E-state index is 14.0. The smallest absolute Gasteiger partial charge is 0.222 e. The summed E-state index contributed by atoms with van der Waals surface area (Å²) in [6.07, 6.45) is 11.3. The lowest BCUT2D eigenvalue weighted by Gasteiger charge is -2.58. The average Bonchev–Trinajstić information content (AvgIpc) is 2.84. The van der Waals surface area contributed by atoms with Gasteiger partial charge in [-0.05, 0) is 87.6 Å². The van der Waals surface area contributed by atoms with E-state index in [0.717, 1.165) is 37.1 Å². The van der Waals surface area contributed by atoms with Gasteiger partial charge in [0.25, 0.3) is 0 Å². The van der Waals surface area contributed by atoms with E-state index in [0.29, 0.717) is 30.0 Å². The molecule has 1 atom stereocenters. The third kappa shape index (κ3) is 3.97. The number of nitrogens with zero attached hydrogens (tertiary/aromatic N) is 2. The molecule has 0 spiro atoms. The highest BCUT2D eigenvalue weighted by Gasteiger charge is 2.51. The molecule has 6 rings (SSSR count). The Balaban J connectivity index is 1.21. The van der Waals surface area contributed by atoms with Gasteiger partial charge in [0.15, 0.2) is 0 Å². The molecular formula is C25H35FN2O. The molecule has 1 aromatic carbocycles. The van der Waals surface area contributed by atoms with E-state index in [1.807, 2.05) is 11.0 Å². The summed E-state index contributed by atoms with van der Waals surface area (Å²) in [6, 6.07) is 7.31. The van der Waals surface area contributed by atoms with Crippen LogP contribution in [0.1, 0.15) is 63.4 Å². The number of hydrogen-bond donors (Lipinski definition) is 0. The van der Waals surface area contributed by atoms with Crippen molar-refractivity contribution in [3.8, 4) is 0 Å². The van der Waals surface area contributed by atoms with Crippen LogP contribution in [0.5, 0.6) is 0 Å². The van der Waals surface area contributed by atoms with Crippen LogP contribution in [0.2, 0.25) is 0 Å². The molecule has 5 fully saturated rings. The molecular weight excluding hydrogens is 363 g/mol. The fourth-order valence-electron chi connectivity index (χ4n) is 7.60. The van der Waals surface area contributed by atoms with Gasteiger partial charge in [-0.2, -0.15) is 0 Å². The van der Waals surface area contributed by atoms with Crippen LogP contribution in [0.3, 0.4) is 0 Å². The van der Waals surface area contributed by atoms with Gasteiger partial charge in [0.2, 0.25) is 5.91 Å². The lowest BCUT2D eigenvalue weighted by Crippen LogP contribution is -2.52. The largest absolute Gasteiger partial charge is 0.338 e. The van der Waals surface area contributed by atoms with Crippen molar-refractivity contribution in [1.82, 2.24) is 9.80 Å². The van der Waals surface area contributed by atoms with Gasteiger partial charge in [-0.15, -0.1) is 0 Å². The van der Waals surface area contributed by atoms with Crippen molar-refractivity contribution in [3.63, 3.8) is 0 Å². The summed E-state index contributed by atoms with van der Waals surface area (Å²) in [7, 11) is 2.29. The van der Waals surface area contributed by atoms with Gasteiger partial charge in [0, 0.05) is 37.7 Å². The Morgan fingerprint density at radius 3 is 2.38 bits per heavy atom. The molecule has 1 unspecified atom stereocenters. The topological polar surface area (TPSA) is 23.6 Å². The molecule has 4 aliphatic carbocycles. The van der Waals surface area contributed by atoms with E-state index in [2.05, 4.69) is 11.9 Å². The second kappa shape index (κ2) is 7.68. The molecule has 1 aliphatic heterocycles. The molecule has 0 aromatic heterocycles. The summed E-state index contributed by atoms with van der Waals surface area (Å²) in [6.45, 7) is 2.35. The number of hydrogen-bond acceptors (Lipinski definition) is 2. The summed E-state index contributed by atoms with van der Waals surface area (Å²) >= 11 is 0. The van der Waals surface area contributed by atoms with Gasteiger partial charge in [-0.1, -0.05) is 18.2 Å². The maximum absolute atomic E-state index is 14.0. The Hall–Kier alpha value is -1.42. The third-order valence-electron chi connectivity index (χ3n) is 8.47. The lowest BCUT2D eigenvalue weighted by molar-refractivity contribution is -0.131. The van der Waals surface area contributed by atoms with Gasteiger partial charge in [0.1, 0.15) is 5.82 Å². The van der Waals surface area contributed by atoms with Crippen LogP contribution in [0.15, 0.2) is 24.3 Å². The van der Waals surface area contributed by atoms with Crippen molar-refractivity contribution in [2.45, 2.75) is 70.4 Å². The Morgan fingerprint density at radius 2 is 1.72 bits per heavy atom. The Morgan fingerprint density at radius 1 is 1.07 bits per heavy atom. The van der Waals surface area contributed by atoms with Gasteiger partial charge >= 0.3 is 0 Å². The number of rotatable bonds is 5. The second-order valence-electron chi connectivity index (χ2n) is 10.7. The van der Waals surface area contributed by atoms with Gasteiger partial charge < -0.3 is 9.80 Å². The van der Waals surface area contributed by atoms with Crippen LogP contribution in [-0.2, 0) is 11.3 Å². The zero-order valence-corrected chi connectivity index (χ0v) is 17.8. The molecule has 1 amide bonds. The first-order chi connectivity index (χ1) is 14.0. The third-order valence-corrected chi connectivity index (χ3v) is 8.47. The number of carbonyl (C=O) groups excluding carboxylic acids is 1. The van der Waals surface area contributed by atoms with Crippen LogP contribution in [0.4, 0.5) is 4.39 Å². The Kier molecular flexibility index (Phi) is 5.18. The first-order valence-electron chi connectivity index (χ1n) is 11.7. The van der Waals surface area contributed by atoms with Crippen LogP contribution in [-0.4, -0.2) is 41.9 Å². The molecule has 1 heterocycles. The normalized spacial score (nSPS) is 36.7. The van der Waals surface area contributed by atoms with Crippen molar-refractivity contribution in [2.75, 3.05) is 20.1 Å². The van der Waals surface area contributed by atoms with Crippen molar-refractivity contribution in [2.24, 2.45) is 23.2 Å². The van der Waals surface area contributed by atoms with Crippen LogP contribution < -0.4 is 0 Å². The highest BCUT2D eigenvalue weighted by atomic mass is 19.1. The molecule has 1 aromatic rings. The SMILES string of the molecule is CN(CC12CC3CC(CC(C3)C1)C2)C1CCC(=O)N(Cc2ccccc2F)CC1. The summed E-state index contributed by atoms with van der Waals surface area (Å²) in [5.41, 5.74) is 1.17. The molecule has 4 saturated carbocycles. The summed E-state index contributed by atoms with van der Waals surface area (Å²) in [5.74, 6) is 2.93. The minimum atomic E-state index is -0.208. The van der Waals surface area contributed by atoms with Crippen LogP contribution >= 0.6 is 0 Å². The second-order valence-corrected chi connectivity index (χ2v) is 10.7. The first-order valence-corrected chi connectivity index (χ1v) is 11.7. The first kappa shape index (κ1) is 19.5. The van der Waals surface area contributed by atoms with E-state index in [1.54, 1.807) is 12.1 Å². The highest BCUT2D eigenvalue weighted by molar-refractivity contribution is 5.76. The minimum Gasteiger partial charge on any atom is -0.338 e. The predicted octanol–water partition coefficient (Wildman–Crippen LogP) is 4.86. The number of halogens is 1. The fourth-order valence-corrected chi connectivity index (χ4v) is 7.60. The predicted molar refractivity (Wildman–Crippen MR) is 113 cm³/mol. The van der Waals surface area contributed by atoms with Crippen LogP contribution in [0.25, 0.3) is 0 Å². The molecule has 3 nitrogen and oxygen atoms in total. The van der Waals surface area contributed by atoms with Crippen molar-refractivity contribution < 1.29 is 9.18 Å². The van der Waals surface area contributed by atoms with E-state index in [-0.39, 0.29) is 11.7 Å². The molecule has 158 valence electrons. The van der Waals surface area contributed by atoms with Gasteiger partial charge in [-0.25, -0.2) is 4.39 Å². The summed E-state index contributed by atoms with van der Waals surface area (Å²) < 4.78 is 14.0. The maximum Gasteiger partial charge on any atom is 0.222 e. The fraction of sp³-hybridized carbons (Fsp3) is 0.720. The number of benzene rings is 1.